The zero-order valence-electron chi connectivity index (χ0n) is 15.3. The Kier molecular flexibility index (Phi) is 15.0. The number of aliphatic carboxylic acids is 1. The van der Waals surface area contributed by atoms with E-state index in [0.717, 1.165) is 0 Å². The van der Waals surface area contributed by atoms with E-state index in [-0.39, 0.29) is 23.8 Å². The molecule has 10 heteroatoms. The van der Waals surface area contributed by atoms with Crippen molar-refractivity contribution < 1.29 is 44.7 Å². The summed E-state index contributed by atoms with van der Waals surface area (Å²) in [6.07, 6.45) is -0.612. The topological polar surface area (TPSA) is 162 Å². The maximum atomic E-state index is 10.5. The molecule has 0 radical (unpaired) electrons. The van der Waals surface area contributed by atoms with Crippen LogP contribution in [0.15, 0.2) is 24.3 Å². The van der Waals surface area contributed by atoms with Crippen molar-refractivity contribution in [3.63, 3.8) is 0 Å². The van der Waals surface area contributed by atoms with Gasteiger partial charge in [0.05, 0.1) is 41.8 Å². The Balaban J connectivity index is 0. The van der Waals surface area contributed by atoms with Crippen molar-refractivity contribution in [3.05, 3.63) is 35.4 Å². The molecule has 3 atom stereocenters. The predicted molar refractivity (Wildman–Crippen MR) is 101 cm³/mol. The standard InChI is InChI=1S/C8H6O4.C6H14O3.C3H6O2S/c9-7(10)5-3-1-2-4-6(5)8(11)12;1-5(8)4-9-6(2)3-7;1-2(6)3(4)5/h1-4H,(H,9,10)(H,11,12);5-8H,3-4H2,1-2H3;2,6H,1H3,(H,4,5). The highest BCUT2D eigenvalue weighted by Crippen LogP contribution is 2.07. The van der Waals surface area contributed by atoms with Crippen molar-refractivity contribution in [1.82, 2.24) is 0 Å². The Morgan fingerprint density at radius 2 is 1.37 bits per heavy atom. The summed E-state index contributed by atoms with van der Waals surface area (Å²) in [6.45, 7) is 5.20. The number of thiol groups is 1. The molecule has 27 heavy (non-hydrogen) atoms. The van der Waals surface area contributed by atoms with Crippen LogP contribution in [-0.4, -0.2) is 74.1 Å². The molecule has 3 unspecified atom stereocenters. The summed E-state index contributed by atoms with van der Waals surface area (Å²) < 4.78 is 4.95. The van der Waals surface area contributed by atoms with Gasteiger partial charge in [0.1, 0.15) is 0 Å². The molecule has 9 nitrogen and oxygen atoms in total. The number of aliphatic hydroxyl groups excluding tert-OH is 2. The van der Waals surface area contributed by atoms with E-state index in [1.807, 2.05) is 0 Å². The van der Waals surface area contributed by atoms with Crippen LogP contribution >= 0.6 is 12.6 Å². The fourth-order valence-electron chi connectivity index (χ4n) is 1.21. The minimum Gasteiger partial charge on any atom is -0.480 e. The highest BCUT2D eigenvalue weighted by atomic mass is 32.1. The van der Waals surface area contributed by atoms with Gasteiger partial charge in [-0.1, -0.05) is 12.1 Å². The van der Waals surface area contributed by atoms with E-state index in [1.165, 1.54) is 31.2 Å². The van der Waals surface area contributed by atoms with Gasteiger partial charge in [-0.05, 0) is 32.9 Å². The van der Waals surface area contributed by atoms with Gasteiger partial charge in [-0.3, -0.25) is 4.79 Å². The zero-order chi connectivity index (χ0) is 21.6. The number of aromatic carboxylic acids is 2. The molecule has 0 spiro atoms. The third-order valence-corrected chi connectivity index (χ3v) is 2.85. The lowest BCUT2D eigenvalue weighted by Crippen LogP contribution is -2.19. The number of hydrogen-bond donors (Lipinski definition) is 6. The van der Waals surface area contributed by atoms with Gasteiger partial charge in [-0.15, -0.1) is 0 Å². The van der Waals surface area contributed by atoms with E-state index in [9.17, 15) is 14.4 Å². The van der Waals surface area contributed by atoms with Crippen LogP contribution in [0.2, 0.25) is 0 Å². The fourth-order valence-corrected chi connectivity index (χ4v) is 1.21. The first kappa shape index (κ1) is 27.1. The van der Waals surface area contributed by atoms with Crippen LogP contribution in [0, 0.1) is 0 Å². The number of hydrogen-bond acceptors (Lipinski definition) is 7. The summed E-state index contributed by atoms with van der Waals surface area (Å²) in [5.74, 6) is -3.33. The number of carboxylic acid groups (broad SMARTS) is 3. The lowest BCUT2D eigenvalue weighted by molar-refractivity contribution is -0.136. The second-order valence-corrected chi connectivity index (χ2v) is 6.12. The van der Waals surface area contributed by atoms with Crippen molar-refractivity contribution in [3.8, 4) is 0 Å². The van der Waals surface area contributed by atoms with E-state index in [4.69, 9.17) is 30.3 Å². The van der Waals surface area contributed by atoms with Gasteiger partial charge in [0.2, 0.25) is 0 Å². The highest BCUT2D eigenvalue weighted by molar-refractivity contribution is 7.81. The first-order valence-corrected chi connectivity index (χ1v) is 8.32. The lowest BCUT2D eigenvalue weighted by Gasteiger charge is -2.10. The maximum absolute atomic E-state index is 10.5. The van der Waals surface area contributed by atoms with Crippen molar-refractivity contribution in [2.45, 2.75) is 38.2 Å². The molecule has 0 aliphatic carbocycles. The van der Waals surface area contributed by atoms with Crippen molar-refractivity contribution in [1.29, 1.82) is 0 Å². The largest absolute Gasteiger partial charge is 0.480 e. The Labute approximate surface area is 162 Å². The van der Waals surface area contributed by atoms with Gasteiger partial charge in [0.15, 0.2) is 0 Å². The van der Waals surface area contributed by atoms with E-state index in [0.29, 0.717) is 6.61 Å². The Bertz CT molecular complexity index is 555. The molecule has 0 fully saturated rings. The van der Waals surface area contributed by atoms with Crippen LogP contribution in [-0.2, 0) is 9.53 Å². The average Bonchev–Trinajstić information content (AvgIpc) is 2.60. The second-order valence-electron chi connectivity index (χ2n) is 5.35. The molecule has 154 valence electrons. The van der Waals surface area contributed by atoms with Crippen LogP contribution in [0.5, 0.6) is 0 Å². The van der Waals surface area contributed by atoms with E-state index >= 15 is 0 Å². The van der Waals surface area contributed by atoms with Gasteiger partial charge in [0, 0.05) is 0 Å². The average molecular weight is 406 g/mol. The van der Waals surface area contributed by atoms with Gasteiger partial charge >= 0.3 is 17.9 Å². The van der Waals surface area contributed by atoms with Gasteiger partial charge in [0.25, 0.3) is 0 Å². The molecule has 0 saturated carbocycles. The van der Waals surface area contributed by atoms with E-state index in [2.05, 4.69) is 12.6 Å². The Morgan fingerprint density at radius 3 is 1.59 bits per heavy atom. The van der Waals surface area contributed by atoms with Crippen LogP contribution in [0.3, 0.4) is 0 Å². The summed E-state index contributed by atoms with van der Waals surface area (Å²) >= 11 is 3.59. The van der Waals surface area contributed by atoms with E-state index < -0.39 is 29.3 Å². The minimum atomic E-state index is -1.23. The van der Waals surface area contributed by atoms with Crippen molar-refractivity contribution in [2.75, 3.05) is 13.2 Å². The molecule has 0 aliphatic rings. The molecule has 1 rings (SSSR count). The fraction of sp³-hybridized carbons (Fsp3) is 0.471. The molecule has 0 bridgehead atoms. The molecule has 0 heterocycles. The molecular formula is C17H26O9S. The van der Waals surface area contributed by atoms with Gasteiger partial charge in [-0.2, -0.15) is 12.6 Å². The Hall–Kier alpha value is -2.14. The van der Waals surface area contributed by atoms with E-state index in [1.54, 1.807) is 13.8 Å². The third kappa shape index (κ3) is 14.7. The normalized spacial score (nSPS) is 13.0. The summed E-state index contributed by atoms with van der Waals surface area (Å²) in [7, 11) is 0. The third-order valence-electron chi connectivity index (χ3n) is 2.62. The number of rotatable bonds is 7. The summed E-state index contributed by atoms with van der Waals surface area (Å²) in [5, 5.41) is 41.6. The maximum Gasteiger partial charge on any atom is 0.336 e. The SMILES string of the molecule is CC(O)COC(C)CO.CC(S)C(=O)O.O=C(O)c1ccccc1C(=O)O. The summed E-state index contributed by atoms with van der Waals surface area (Å²) in [4.78, 5) is 30.5. The van der Waals surface area contributed by atoms with Crippen LogP contribution < -0.4 is 0 Å². The minimum absolute atomic E-state index is 0.00667. The van der Waals surface area contributed by atoms with Gasteiger partial charge in [-0.25, -0.2) is 9.59 Å². The zero-order valence-corrected chi connectivity index (χ0v) is 16.2. The highest BCUT2D eigenvalue weighted by Gasteiger charge is 2.13. The van der Waals surface area contributed by atoms with Crippen LogP contribution in [0.1, 0.15) is 41.5 Å². The summed E-state index contributed by atoms with van der Waals surface area (Å²) in [5.41, 5.74) is -0.380. The second kappa shape index (κ2) is 15.0. The van der Waals surface area contributed by atoms with Crippen molar-refractivity contribution >= 4 is 30.5 Å². The smallest absolute Gasteiger partial charge is 0.336 e. The number of carboxylic acids is 3. The number of carbonyl (C=O) groups is 3. The molecule has 0 aromatic heterocycles. The first-order chi connectivity index (χ1) is 12.4. The molecule has 5 N–H and O–H groups in total. The molecule has 1 aromatic carbocycles. The molecule has 0 amide bonds. The number of aliphatic hydroxyl groups is 2. The van der Waals surface area contributed by atoms with Crippen LogP contribution in [0.25, 0.3) is 0 Å². The summed E-state index contributed by atoms with van der Waals surface area (Å²) in [6, 6.07) is 5.48. The molecule has 0 aliphatic heterocycles. The Morgan fingerprint density at radius 1 is 1.00 bits per heavy atom. The predicted octanol–water partition coefficient (Wildman–Crippen LogP) is 1.24. The molecule has 1 aromatic rings. The quantitative estimate of drug-likeness (QED) is 0.366. The molecular weight excluding hydrogens is 380 g/mol. The van der Waals surface area contributed by atoms with Gasteiger partial charge < -0.3 is 30.3 Å². The first-order valence-electron chi connectivity index (χ1n) is 7.80. The lowest BCUT2D eigenvalue weighted by atomic mass is 10.1. The molecule has 0 saturated heterocycles. The van der Waals surface area contributed by atoms with Crippen molar-refractivity contribution in [2.24, 2.45) is 0 Å². The number of benzene rings is 1. The number of ether oxygens (including phenoxy) is 1. The monoisotopic (exact) mass is 406 g/mol. The van der Waals surface area contributed by atoms with Crippen LogP contribution in [0.4, 0.5) is 0 Å².